The highest BCUT2D eigenvalue weighted by Gasteiger charge is 2.49. The molecule has 4 heterocycles. The highest BCUT2D eigenvalue weighted by molar-refractivity contribution is 8.00. The molecule has 5 aromatic rings. The molecule has 2 aromatic carbocycles. The number of rotatable bonds is 11. The first-order valence-electron chi connectivity index (χ1n) is 14.5. The number of fused-ring (bicyclic) bond motifs is 1. The maximum absolute atomic E-state index is 13.8. The van der Waals surface area contributed by atoms with Gasteiger partial charge in [0.05, 0.1) is 23.9 Å². The van der Waals surface area contributed by atoms with Gasteiger partial charge in [-0.2, -0.15) is 0 Å². The molecule has 9 nitrogen and oxygen atoms in total. The molecule has 0 saturated carbocycles. The van der Waals surface area contributed by atoms with Crippen LogP contribution in [0.5, 0.6) is 5.75 Å². The molecular formula is C33H30ClN5O4S2. The Morgan fingerprint density at radius 3 is 2.71 bits per heavy atom. The van der Waals surface area contributed by atoms with Gasteiger partial charge in [-0.1, -0.05) is 90.9 Å². The quantitative estimate of drug-likeness (QED) is 0.0385. The summed E-state index contributed by atoms with van der Waals surface area (Å²) in [7, 11) is 0. The van der Waals surface area contributed by atoms with E-state index in [1.54, 1.807) is 23.6 Å². The Kier molecular flexibility index (Phi) is 9.20. The summed E-state index contributed by atoms with van der Waals surface area (Å²) in [5.41, 5.74) is 2.95. The van der Waals surface area contributed by atoms with Gasteiger partial charge >= 0.3 is 5.91 Å². The van der Waals surface area contributed by atoms with Crippen molar-refractivity contribution in [2.45, 2.75) is 49.2 Å². The fraction of sp³-hybridized carbons (Fsp3) is 0.242. The number of hydrogen-bond acceptors (Lipinski definition) is 9. The van der Waals surface area contributed by atoms with Gasteiger partial charge in [0.2, 0.25) is 5.13 Å². The summed E-state index contributed by atoms with van der Waals surface area (Å²) in [4.78, 5) is 33.5. The van der Waals surface area contributed by atoms with Crippen molar-refractivity contribution in [2.75, 3.05) is 11.5 Å². The lowest BCUT2D eigenvalue weighted by Gasteiger charge is -2.23. The van der Waals surface area contributed by atoms with Crippen LogP contribution in [0.15, 0.2) is 82.8 Å². The summed E-state index contributed by atoms with van der Waals surface area (Å²) in [6.45, 7) is 4.43. The van der Waals surface area contributed by atoms with Gasteiger partial charge in [-0.05, 0) is 54.8 Å². The van der Waals surface area contributed by atoms with Crippen LogP contribution in [-0.4, -0.2) is 43.0 Å². The first kappa shape index (κ1) is 30.8. The average molecular weight is 660 g/mol. The Labute approximate surface area is 273 Å². The minimum absolute atomic E-state index is 0.0580. The standard InChI is InChI=1S/C33H30ClN5O4S2/c1-3-4-9-17-43-23-13-10-12-21(18-23)28-26(29(40)27-20(2)35-25-15-7-8-16-38(25)27)30(41)31(42)39(28)32-36-37-33(45-32)44-19-22-11-5-6-14-24(22)34/h5-8,10-16,18,28,40H,3-4,9,17,19H2,1-2H3/b29-26+. The highest BCUT2D eigenvalue weighted by atomic mass is 35.5. The van der Waals surface area contributed by atoms with Crippen LogP contribution in [0.3, 0.4) is 0 Å². The number of carbonyl (C=O) groups excluding carboxylic acids is 2. The van der Waals surface area contributed by atoms with Gasteiger partial charge in [0.25, 0.3) is 5.78 Å². The number of nitrogens with zero attached hydrogens (tertiary/aromatic N) is 5. The van der Waals surface area contributed by atoms with Crippen molar-refractivity contribution in [3.63, 3.8) is 0 Å². The average Bonchev–Trinajstić information content (AvgIpc) is 3.72. The van der Waals surface area contributed by atoms with E-state index >= 15 is 0 Å². The van der Waals surface area contributed by atoms with E-state index in [2.05, 4.69) is 22.1 Å². The highest BCUT2D eigenvalue weighted by Crippen LogP contribution is 2.45. The molecule has 1 amide bonds. The zero-order valence-electron chi connectivity index (χ0n) is 24.6. The van der Waals surface area contributed by atoms with Gasteiger partial charge in [0.15, 0.2) is 10.1 Å². The number of pyridine rings is 1. The number of ketones is 1. The third kappa shape index (κ3) is 6.20. The monoisotopic (exact) mass is 659 g/mol. The van der Waals surface area contributed by atoms with Gasteiger partial charge in [-0.3, -0.25) is 18.9 Å². The number of amides is 1. The molecule has 12 heteroatoms. The van der Waals surface area contributed by atoms with Crippen molar-refractivity contribution in [1.82, 2.24) is 19.6 Å². The number of carbonyl (C=O) groups is 2. The van der Waals surface area contributed by atoms with E-state index in [-0.39, 0.29) is 16.5 Å². The lowest BCUT2D eigenvalue weighted by atomic mass is 9.96. The zero-order valence-corrected chi connectivity index (χ0v) is 27.0. The van der Waals surface area contributed by atoms with Gasteiger partial charge in [-0.25, -0.2) is 4.98 Å². The van der Waals surface area contributed by atoms with Crippen molar-refractivity contribution in [3.05, 3.63) is 106 Å². The number of thioether (sulfide) groups is 1. The number of Topliss-reactive ketones (excluding diaryl/α,β-unsaturated/α-hetero) is 1. The molecule has 0 bridgehead atoms. The molecule has 3 aromatic heterocycles. The number of aliphatic hydroxyl groups is 1. The number of unbranched alkanes of at least 4 members (excludes halogenated alkanes) is 2. The van der Waals surface area contributed by atoms with Crippen LogP contribution in [0.25, 0.3) is 11.4 Å². The number of aryl methyl sites for hydroxylation is 1. The third-order valence-electron chi connectivity index (χ3n) is 7.47. The third-order valence-corrected chi connectivity index (χ3v) is 9.95. The van der Waals surface area contributed by atoms with Crippen molar-refractivity contribution in [3.8, 4) is 5.75 Å². The number of anilines is 1. The Balaban J connectivity index is 1.42. The van der Waals surface area contributed by atoms with Gasteiger partial charge in [0.1, 0.15) is 17.1 Å². The number of halogens is 1. The van der Waals surface area contributed by atoms with Gasteiger partial charge < -0.3 is 9.84 Å². The number of benzene rings is 2. The molecule has 230 valence electrons. The summed E-state index contributed by atoms with van der Waals surface area (Å²) >= 11 is 8.97. The normalized spacial score (nSPS) is 16.2. The molecule has 1 atom stereocenters. The largest absolute Gasteiger partial charge is 0.505 e. The molecule has 1 aliphatic rings. The van der Waals surface area contributed by atoms with E-state index in [0.29, 0.717) is 50.1 Å². The molecule has 6 rings (SSSR count). The van der Waals surface area contributed by atoms with Crippen LogP contribution in [0, 0.1) is 6.92 Å². The fourth-order valence-corrected chi connectivity index (χ4v) is 7.45. The molecule has 0 aliphatic carbocycles. The van der Waals surface area contributed by atoms with E-state index in [0.717, 1.165) is 24.8 Å². The summed E-state index contributed by atoms with van der Waals surface area (Å²) < 4.78 is 8.33. The fourth-order valence-electron chi connectivity index (χ4n) is 5.30. The molecule has 1 aliphatic heterocycles. The Hall–Kier alpha value is -4.19. The second-order valence-electron chi connectivity index (χ2n) is 10.5. The minimum atomic E-state index is -0.979. The number of ether oxygens (including phenoxy) is 1. The van der Waals surface area contributed by atoms with E-state index in [4.69, 9.17) is 16.3 Å². The zero-order chi connectivity index (χ0) is 31.5. The maximum Gasteiger partial charge on any atom is 0.301 e. The molecule has 1 N–H and O–H groups in total. The summed E-state index contributed by atoms with van der Waals surface area (Å²) in [6.07, 6.45) is 4.79. The van der Waals surface area contributed by atoms with E-state index in [9.17, 15) is 14.7 Å². The van der Waals surface area contributed by atoms with Crippen molar-refractivity contribution in [2.24, 2.45) is 0 Å². The van der Waals surface area contributed by atoms with Crippen molar-refractivity contribution >= 4 is 62.9 Å². The Bertz CT molecular complexity index is 1920. The second kappa shape index (κ2) is 13.4. The first-order valence-corrected chi connectivity index (χ1v) is 16.7. The lowest BCUT2D eigenvalue weighted by Crippen LogP contribution is -2.29. The number of imidazole rings is 1. The lowest BCUT2D eigenvalue weighted by molar-refractivity contribution is -0.132. The SMILES string of the molecule is CCCCCOc1cccc(C2/C(=C(\O)c3c(C)nc4ccccn34)C(=O)C(=O)N2c2nnc(SCc3ccccc3Cl)s2)c1. The molecular weight excluding hydrogens is 630 g/mol. The van der Waals surface area contributed by atoms with Crippen LogP contribution in [0.2, 0.25) is 5.02 Å². The Morgan fingerprint density at radius 1 is 1.07 bits per heavy atom. The predicted octanol–water partition coefficient (Wildman–Crippen LogP) is 7.64. The van der Waals surface area contributed by atoms with E-state index < -0.39 is 17.7 Å². The van der Waals surface area contributed by atoms with Crippen LogP contribution in [-0.2, 0) is 15.3 Å². The van der Waals surface area contributed by atoms with Crippen LogP contribution < -0.4 is 9.64 Å². The van der Waals surface area contributed by atoms with Crippen molar-refractivity contribution in [1.29, 1.82) is 0 Å². The summed E-state index contributed by atoms with van der Waals surface area (Å²) in [6, 6.07) is 19.3. The van der Waals surface area contributed by atoms with E-state index in [1.165, 1.54) is 28.0 Å². The van der Waals surface area contributed by atoms with Crippen LogP contribution >= 0.6 is 34.7 Å². The molecule has 1 unspecified atom stereocenters. The smallest absolute Gasteiger partial charge is 0.301 e. The maximum atomic E-state index is 13.8. The number of aliphatic hydroxyl groups excluding tert-OH is 1. The van der Waals surface area contributed by atoms with Gasteiger partial charge in [0, 0.05) is 17.0 Å². The van der Waals surface area contributed by atoms with Gasteiger partial charge in [-0.15, -0.1) is 10.2 Å². The molecule has 0 spiro atoms. The number of aromatic nitrogens is 4. The summed E-state index contributed by atoms with van der Waals surface area (Å²) in [5.74, 6) is -0.780. The molecule has 1 fully saturated rings. The predicted molar refractivity (Wildman–Crippen MR) is 177 cm³/mol. The molecule has 45 heavy (non-hydrogen) atoms. The Morgan fingerprint density at radius 2 is 1.89 bits per heavy atom. The minimum Gasteiger partial charge on any atom is -0.505 e. The molecule has 1 saturated heterocycles. The van der Waals surface area contributed by atoms with Crippen LogP contribution in [0.4, 0.5) is 5.13 Å². The van der Waals surface area contributed by atoms with Crippen molar-refractivity contribution < 1.29 is 19.4 Å². The first-order chi connectivity index (χ1) is 21.9. The van der Waals surface area contributed by atoms with E-state index in [1.807, 2.05) is 60.7 Å². The topological polar surface area (TPSA) is 110 Å². The van der Waals surface area contributed by atoms with Crippen LogP contribution in [0.1, 0.15) is 54.7 Å². The number of hydrogen-bond donors (Lipinski definition) is 1. The summed E-state index contributed by atoms with van der Waals surface area (Å²) in [5, 5.41) is 21.4. The second-order valence-corrected chi connectivity index (χ2v) is 13.1. The molecule has 0 radical (unpaired) electrons.